The van der Waals surface area contributed by atoms with Crippen LogP contribution in [0.3, 0.4) is 0 Å². The highest BCUT2D eigenvalue weighted by Gasteiger charge is 2.24. The number of nitrogens with one attached hydrogen (secondary N) is 1. The van der Waals surface area contributed by atoms with Crippen LogP contribution in [-0.2, 0) is 10.0 Å². The van der Waals surface area contributed by atoms with Gasteiger partial charge in [0.25, 0.3) is 0 Å². The summed E-state index contributed by atoms with van der Waals surface area (Å²) in [7, 11) is -3.06. The maximum Gasteiger partial charge on any atom is 0.211 e. The zero-order valence-corrected chi connectivity index (χ0v) is 12.2. The van der Waals surface area contributed by atoms with Gasteiger partial charge >= 0.3 is 0 Å². The number of pyridine rings is 1. The first-order chi connectivity index (χ1) is 9.54. The lowest BCUT2D eigenvalue weighted by molar-refractivity contribution is 0.332. The van der Waals surface area contributed by atoms with Crippen molar-refractivity contribution in [2.45, 2.75) is 18.9 Å². The van der Waals surface area contributed by atoms with Crippen LogP contribution in [0.5, 0.6) is 0 Å². The molecule has 6 nitrogen and oxygen atoms in total. The van der Waals surface area contributed by atoms with E-state index < -0.39 is 10.0 Å². The standard InChI is InChI=1S/C13H18N4O2S/c1-20(18,19)17-7-4-11(5-8-17)15-12-3-2-6-16-10-14-9-13(12)16/h2-3,6,9-11,15H,4-5,7-8H2,1H3. The van der Waals surface area contributed by atoms with Crippen LogP contribution in [-0.4, -0.2) is 47.5 Å². The smallest absolute Gasteiger partial charge is 0.211 e. The average Bonchev–Trinajstić information content (AvgIpc) is 2.88. The van der Waals surface area contributed by atoms with Crippen LogP contribution in [0, 0.1) is 0 Å². The molecule has 0 unspecified atom stereocenters. The van der Waals surface area contributed by atoms with Crippen molar-refractivity contribution >= 4 is 21.2 Å². The maximum absolute atomic E-state index is 11.5. The van der Waals surface area contributed by atoms with Gasteiger partial charge in [0.15, 0.2) is 0 Å². The number of sulfonamides is 1. The van der Waals surface area contributed by atoms with E-state index in [2.05, 4.69) is 10.3 Å². The van der Waals surface area contributed by atoms with Crippen LogP contribution in [0.15, 0.2) is 30.9 Å². The molecule has 0 amide bonds. The van der Waals surface area contributed by atoms with Gasteiger partial charge in [-0.15, -0.1) is 0 Å². The van der Waals surface area contributed by atoms with Gasteiger partial charge in [0.1, 0.15) is 0 Å². The lowest BCUT2D eigenvalue weighted by Gasteiger charge is -2.31. The van der Waals surface area contributed by atoms with E-state index in [4.69, 9.17) is 0 Å². The molecule has 0 radical (unpaired) electrons. The molecule has 0 atom stereocenters. The summed E-state index contributed by atoms with van der Waals surface area (Å²) in [4.78, 5) is 4.13. The normalized spacial score (nSPS) is 18.4. The topological polar surface area (TPSA) is 66.7 Å². The van der Waals surface area contributed by atoms with E-state index in [0.29, 0.717) is 19.1 Å². The predicted octanol–water partition coefficient (Wildman–Crippen LogP) is 1.17. The summed E-state index contributed by atoms with van der Waals surface area (Å²) in [5.74, 6) is 0. The molecule has 3 rings (SSSR count). The predicted molar refractivity (Wildman–Crippen MR) is 78.3 cm³/mol. The number of anilines is 1. The lowest BCUT2D eigenvalue weighted by Crippen LogP contribution is -2.41. The fourth-order valence-corrected chi connectivity index (χ4v) is 3.50. The Morgan fingerprint density at radius 2 is 2.10 bits per heavy atom. The number of hydrogen-bond acceptors (Lipinski definition) is 4. The van der Waals surface area contributed by atoms with Crippen molar-refractivity contribution in [2.75, 3.05) is 24.7 Å². The Kier molecular flexibility index (Phi) is 3.39. The highest BCUT2D eigenvalue weighted by molar-refractivity contribution is 7.88. The van der Waals surface area contributed by atoms with E-state index in [1.165, 1.54) is 6.26 Å². The van der Waals surface area contributed by atoms with Gasteiger partial charge in [0.2, 0.25) is 10.0 Å². The molecular weight excluding hydrogens is 276 g/mol. The molecule has 1 N–H and O–H groups in total. The molecule has 1 fully saturated rings. The molecule has 2 aromatic rings. The van der Waals surface area contributed by atoms with Crippen molar-refractivity contribution in [3.05, 3.63) is 30.9 Å². The van der Waals surface area contributed by atoms with Gasteiger partial charge in [-0.2, -0.15) is 0 Å². The molecule has 0 aromatic carbocycles. The van der Waals surface area contributed by atoms with Crippen molar-refractivity contribution in [1.82, 2.24) is 13.7 Å². The van der Waals surface area contributed by atoms with E-state index >= 15 is 0 Å². The molecular formula is C13H18N4O2S. The molecule has 0 spiro atoms. The number of rotatable bonds is 3. The fraction of sp³-hybridized carbons (Fsp3) is 0.462. The van der Waals surface area contributed by atoms with Gasteiger partial charge in [-0.3, -0.25) is 0 Å². The highest BCUT2D eigenvalue weighted by Crippen LogP contribution is 2.21. The second-order valence-corrected chi connectivity index (χ2v) is 7.17. The second kappa shape index (κ2) is 5.06. The Bertz CT molecular complexity index is 702. The lowest BCUT2D eigenvalue weighted by atomic mass is 10.1. The summed E-state index contributed by atoms with van der Waals surface area (Å²) >= 11 is 0. The van der Waals surface area contributed by atoms with E-state index in [9.17, 15) is 8.42 Å². The third-order valence-corrected chi connectivity index (χ3v) is 5.04. The number of imidazole rings is 1. The van der Waals surface area contributed by atoms with Crippen molar-refractivity contribution in [1.29, 1.82) is 0 Å². The number of hydrogen-bond donors (Lipinski definition) is 1. The first-order valence-electron chi connectivity index (χ1n) is 6.66. The number of fused-ring (bicyclic) bond motifs is 1. The minimum absolute atomic E-state index is 0.300. The SMILES string of the molecule is CS(=O)(=O)N1CCC(Nc2cccn3cncc23)CC1. The van der Waals surface area contributed by atoms with E-state index in [1.807, 2.05) is 28.9 Å². The Morgan fingerprint density at radius 1 is 1.35 bits per heavy atom. The zero-order valence-electron chi connectivity index (χ0n) is 11.4. The molecule has 108 valence electrons. The Balaban J connectivity index is 1.70. The first-order valence-corrected chi connectivity index (χ1v) is 8.51. The Hall–Kier alpha value is -1.60. The third kappa shape index (κ3) is 2.64. The van der Waals surface area contributed by atoms with Gasteiger partial charge < -0.3 is 9.72 Å². The minimum atomic E-state index is -3.06. The minimum Gasteiger partial charge on any atom is -0.380 e. The molecule has 0 bridgehead atoms. The highest BCUT2D eigenvalue weighted by atomic mass is 32.2. The Labute approximate surface area is 118 Å². The number of aromatic nitrogens is 2. The van der Waals surface area contributed by atoms with Gasteiger partial charge in [0.05, 0.1) is 30.0 Å². The monoisotopic (exact) mass is 294 g/mol. The van der Waals surface area contributed by atoms with Crippen LogP contribution < -0.4 is 5.32 Å². The van der Waals surface area contributed by atoms with Crippen LogP contribution in [0.4, 0.5) is 5.69 Å². The third-order valence-electron chi connectivity index (χ3n) is 3.73. The molecule has 0 saturated carbocycles. The van der Waals surface area contributed by atoms with Gasteiger partial charge in [-0.05, 0) is 25.0 Å². The van der Waals surface area contributed by atoms with Gasteiger partial charge in [-0.25, -0.2) is 17.7 Å². The average molecular weight is 294 g/mol. The molecule has 20 heavy (non-hydrogen) atoms. The largest absolute Gasteiger partial charge is 0.380 e. The second-order valence-electron chi connectivity index (χ2n) is 5.19. The molecule has 3 heterocycles. The summed E-state index contributed by atoms with van der Waals surface area (Å²) < 4.78 is 26.5. The molecule has 1 saturated heterocycles. The van der Waals surface area contributed by atoms with E-state index in [-0.39, 0.29) is 0 Å². The summed E-state index contributed by atoms with van der Waals surface area (Å²) in [6.07, 6.45) is 8.47. The molecule has 7 heteroatoms. The molecule has 0 aliphatic carbocycles. The van der Waals surface area contributed by atoms with E-state index in [0.717, 1.165) is 24.0 Å². The van der Waals surface area contributed by atoms with Crippen molar-refractivity contribution in [2.24, 2.45) is 0 Å². The van der Waals surface area contributed by atoms with Crippen molar-refractivity contribution in [3.63, 3.8) is 0 Å². The van der Waals surface area contributed by atoms with E-state index in [1.54, 1.807) is 10.6 Å². The van der Waals surface area contributed by atoms with Crippen molar-refractivity contribution < 1.29 is 8.42 Å². The molecule has 2 aromatic heterocycles. The van der Waals surface area contributed by atoms with Crippen molar-refractivity contribution in [3.8, 4) is 0 Å². The first kappa shape index (κ1) is 13.4. The van der Waals surface area contributed by atoms with Crippen LogP contribution in [0.2, 0.25) is 0 Å². The van der Waals surface area contributed by atoms with Crippen LogP contribution in [0.25, 0.3) is 5.52 Å². The molecule has 1 aliphatic heterocycles. The summed E-state index contributed by atoms with van der Waals surface area (Å²) in [6.45, 7) is 1.16. The summed E-state index contributed by atoms with van der Waals surface area (Å²) in [6, 6.07) is 4.30. The number of piperidine rings is 1. The molecule has 1 aliphatic rings. The number of nitrogens with zero attached hydrogens (tertiary/aromatic N) is 3. The quantitative estimate of drug-likeness (QED) is 0.923. The maximum atomic E-state index is 11.5. The Morgan fingerprint density at radius 3 is 2.80 bits per heavy atom. The summed E-state index contributed by atoms with van der Waals surface area (Å²) in [5, 5.41) is 3.50. The van der Waals surface area contributed by atoms with Crippen LogP contribution >= 0.6 is 0 Å². The van der Waals surface area contributed by atoms with Gasteiger partial charge in [0, 0.05) is 25.3 Å². The van der Waals surface area contributed by atoms with Crippen LogP contribution in [0.1, 0.15) is 12.8 Å². The van der Waals surface area contributed by atoms with Gasteiger partial charge in [-0.1, -0.05) is 0 Å². The fourth-order valence-electron chi connectivity index (χ4n) is 2.62. The zero-order chi connectivity index (χ0) is 14.2. The summed E-state index contributed by atoms with van der Waals surface area (Å²) in [5.41, 5.74) is 2.08.